The van der Waals surface area contributed by atoms with Gasteiger partial charge in [0.05, 0.1) is 0 Å². The maximum Gasteiger partial charge on any atom is 0.140 e. The molecule has 16 heavy (non-hydrogen) atoms. The highest BCUT2D eigenvalue weighted by Gasteiger charge is 2.04. The van der Waals surface area contributed by atoms with Crippen LogP contribution in [0.5, 0.6) is 5.75 Å². The van der Waals surface area contributed by atoms with E-state index >= 15 is 0 Å². The van der Waals surface area contributed by atoms with Gasteiger partial charge in [0.25, 0.3) is 0 Å². The highest BCUT2D eigenvalue weighted by Crippen LogP contribution is 2.31. The van der Waals surface area contributed by atoms with Gasteiger partial charge in [-0.25, -0.2) is 4.39 Å². The van der Waals surface area contributed by atoms with Gasteiger partial charge in [-0.1, -0.05) is 11.8 Å². The first kappa shape index (κ1) is 10.8. The van der Waals surface area contributed by atoms with E-state index in [4.69, 9.17) is 10.8 Å². The zero-order chi connectivity index (χ0) is 11.5. The van der Waals surface area contributed by atoms with Crippen LogP contribution in [-0.4, -0.2) is 5.11 Å². The first-order chi connectivity index (χ1) is 7.65. The second-order valence-corrected chi connectivity index (χ2v) is 4.40. The molecule has 0 aliphatic heterocycles. The van der Waals surface area contributed by atoms with Gasteiger partial charge in [0.1, 0.15) is 11.6 Å². The van der Waals surface area contributed by atoms with Crippen LogP contribution in [0.15, 0.2) is 52.3 Å². The molecule has 0 aliphatic rings. The summed E-state index contributed by atoms with van der Waals surface area (Å²) in [5.41, 5.74) is 6.23. The fraction of sp³-hybridized carbons (Fsp3) is 0. The average Bonchev–Trinajstić information content (AvgIpc) is 2.25. The van der Waals surface area contributed by atoms with E-state index in [1.807, 2.05) is 12.1 Å². The van der Waals surface area contributed by atoms with Crippen LogP contribution in [0.25, 0.3) is 0 Å². The SMILES string of the molecule is Nc1ccc(Sc2ccc(O)cc2F)cc1. The number of halogens is 1. The molecule has 0 aromatic heterocycles. The predicted molar refractivity (Wildman–Crippen MR) is 63.0 cm³/mol. The summed E-state index contributed by atoms with van der Waals surface area (Å²) in [6.07, 6.45) is 0. The fourth-order valence-electron chi connectivity index (χ4n) is 1.24. The molecule has 0 amide bonds. The minimum Gasteiger partial charge on any atom is -0.508 e. The van der Waals surface area contributed by atoms with Crippen LogP contribution in [0.2, 0.25) is 0 Å². The Morgan fingerprint density at radius 2 is 1.75 bits per heavy atom. The summed E-state index contributed by atoms with van der Waals surface area (Å²) in [6.45, 7) is 0. The first-order valence-electron chi connectivity index (χ1n) is 4.67. The Kier molecular flexibility index (Phi) is 3.01. The van der Waals surface area contributed by atoms with Crippen molar-refractivity contribution >= 4 is 17.4 Å². The molecule has 0 radical (unpaired) electrons. The molecule has 0 heterocycles. The van der Waals surface area contributed by atoms with Gasteiger partial charge in [-0.05, 0) is 36.4 Å². The van der Waals surface area contributed by atoms with Crippen molar-refractivity contribution in [1.82, 2.24) is 0 Å². The van der Waals surface area contributed by atoms with Crippen molar-refractivity contribution in [1.29, 1.82) is 0 Å². The summed E-state index contributed by atoms with van der Waals surface area (Å²) in [7, 11) is 0. The number of nitrogen functional groups attached to an aromatic ring is 1. The van der Waals surface area contributed by atoms with Gasteiger partial charge in [-0.15, -0.1) is 0 Å². The summed E-state index contributed by atoms with van der Waals surface area (Å²) in [5, 5.41) is 9.07. The van der Waals surface area contributed by atoms with Crippen LogP contribution in [0.4, 0.5) is 10.1 Å². The van der Waals surface area contributed by atoms with E-state index in [0.717, 1.165) is 11.0 Å². The zero-order valence-corrected chi connectivity index (χ0v) is 9.17. The molecule has 0 fully saturated rings. The number of rotatable bonds is 2. The molecule has 2 aromatic rings. The molecule has 3 N–H and O–H groups in total. The minimum atomic E-state index is -0.429. The van der Waals surface area contributed by atoms with E-state index in [1.54, 1.807) is 18.2 Å². The lowest BCUT2D eigenvalue weighted by Gasteiger charge is -2.03. The van der Waals surface area contributed by atoms with E-state index in [2.05, 4.69) is 0 Å². The summed E-state index contributed by atoms with van der Waals surface area (Å²) in [5.74, 6) is -0.499. The maximum atomic E-state index is 13.4. The van der Waals surface area contributed by atoms with Crippen molar-refractivity contribution in [3.8, 4) is 5.75 Å². The van der Waals surface area contributed by atoms with Gasteiger partial charge >= 0.3 is 0 Å². The minimum absolute atomic E-state index is 0.0702. The fourth-order valence-corrected chi connectivity index (χ4v) is 2.05. The van der Waals surface area contributed by atoms with Crippen molar-refractivity contribution in [3.63, 3.8) is 0 Å². The normalized spacial score (nSPS) is 10.3. The summed E-state index contributed by atoms with van der Waals surface area (Å²) in [6, 6.07) is 11.3. The van der Waals surface area contributed by atoms with Crippen LogP contribution in [0, 0.1) is 5.82 Å². The van der Waals surface area contributed by atoms with Crippen LogP contribution in [-0.2, 0) is 0 Å². The van der Waals surface area contributed by atoms with Gasteiger partial charge < -0.3 is 10.8 Å². The molecule has 4 heteroatoms. The van der Waals surface area contributed by atoms with Crippen LogP contribution >= 0.6 is 11.8 Å². The van der Waals surface area contributed by atoms with Crippen molar-refractivity contribution < 1.29 is 9.50 Å². The smallest absolute Gasteiger partial charge is 0.140 e. The lowest BCUT2D eigenvalue weighted by Crippen LogP contribution is -1.84. The Balaban J connectivity index is 2.23. The highest BCUT2D eigenvalue weighted by molar-refractivity contribution is 7.99. The molecular formula is C12H10FNOS. The third-order valence-electron chi connectivity index (χ3n) is 2.02. The molecule has 0 atom stereocenters. The van der Waals surface area contributed by atoms with E-state index < -0.39 is 5.82 Å². The maximum absolute atomic E-state index is 13.4. The number of nitrogens with two attached hydrogens (primary N) is 1. The second-order valence-electron chi connectivity index (χ2n) is 3.29. The quantitative estimate of drug-likeness (QED) is 0.785. The van der Waals surface area contributed by atoms with E-state index in [-0.39, 0.29) is 5.75 Å². The van der Waals surface area contributed by atoms with Gasteiger partial charge in [0.15, 0.2) is 0 Å². The lowest BCUT2D eigenvalue weighted by molar-refractivity contribution is 0.466. The van der Waals surface area contributed by atoms with Gasteiger partial charge in [0.2, 0.25) is 0 Å². The van der Waals surface area contributed by atoms with Crippen molar-refractivity contribution in [2.75, 3.05) is 5.73 Å². The Morgan fingerprint density at radius 3 is 2.38 bits per heavy atom. The summed E-state index contributed by atoms with van der Waals surface area (Å²) >= 11 is 1.29. The first-order valence-corrected chi connectivity index (χ1v) is 5.49. The number of phenolic OH excluding ortho intramolecular Hbond substituents is 1. The number of phenols is 1. The molecule has 0 bridgehead atoms. The predicted octanol–water partition coefficient (Wildman–Crippen LogP) is 3.26. The number of hydrogen-bond acceptors (Lipinski definition) is 3. The molecular weight excluding hydrogens is 225 g/mol. The number of hydrogen-bond donors (Lipinski definition) is 2. The molecule has 0 saturated heterocycles. The third kappa shape index (κ3) is 2.46. The molecule has 0 aliphatic carbocycles. The molecule has 0 unspecified atom stereocenters. The summed E-state index contributed by atoms with van der Waals surface area (Å²) < 4.78 is 13.4. The van der Waals surface area contributed by atoms with Crippen LogP contribution < -0.4 is 5.73 Å². The Labute approximate surface area is 96.9 Å². The van der Waals surface area contributed by atoms with Crippen molar-refractivity contribution in [2.24, 2.45) is 0 Å². The van der Waals surface area contributed by atoms with E-state index in [0.29, 0.717) is 10.6 Å². The Morgan fingerprint density at radius 1 is 1.06 bits per heavy atom. The number of benzene rings is 2. The number of anilines is 1. The number of aromatic hydroxyl groups is 1. The Hall–Kier alpha value is -1.68. The molecule has 0 spiro atoms. The van der Waals surface area contributed by atoms with Crippen molar-refractivity contribution in [2.45, 2.75) is 9.79 Å². The molecule has 82 valence electrons. The highest BCUT2D eigenvalue weighted by atomic mass is 32.2. The standard InChI is InChI=1S/C12H10FNOS/c13-11-7-9(15)3-6-12(11)16-10-4-1-8(14)2-5-10/h1-7,15H,14H2. The van der Waals surface area contributed by atoms with E-state index in [1.165, 1.54) is 17.8 Å². The molecule has 0 saturated carbocycles. The lowest BCUT2D eigenvalue weighted by atomic mass is 10.3. The monoisotopic (exact) mass is 235 g/mol. The van der Waals surface area contributed by atoms with Crippen molar-refractivity contribution in [3.05, 3.63) is 48.3 Å². The zero-order valence-electron chi connectivity index (χ0n) is 8.35. The molecule has 2 nitrogen and oxygen atoms in total. The average molecular weight is 235 g/mol. The second kappa shape index (κ2) is 4.45. The van der Waals surface area contributed by atoms with Crippen LogP contribution in [0.3, 0.4) is 0 Å². The van der Waals surface area contributed by atoms with Crippen LogP contribution in [0.1, 0.15) is 0 Å². The van der Waals surface area contributed by atoms with Gasteiger partial charge in [0, 0.05) is 21.5 Å². The molecule has 2 rings (SSSR count). The van der Waals surface area contributed by atoms with Gasteiger partial charge in [-0.3, -0.25) is 0 Å². The topological polar surface area (TPSA) is 46.2 Å². The molecule has 2 aromatic carbocycles. The largest absolute Gasteiger partial charge is 0.508 e. The van der Waals surface area contributed by atoms with E-state index in [9.17, 15) is 4.39 Å². The van der Waals surface area contributed by atoms with Gasteiger partial charge in [-0.2, -0.15) is 0 Å². The third-order valence-corrected chi connectivity index (χ3v) is 3.08. The summed E-state index contributed by atoms with van der Waals surface area (Å²) in [4.78, 5) is 1.38. The Bertz CT molecular complexity index is 499.